The molecule has 0 aliphatic heterocycles. The molecule has 9 atom stereocenters. The van der Waals surface area contributed by atoms with Gasteiger partial charge in [0.25, 0.3) is 0 Å². The number of hydrogen-bond acceptors (Lipinski definition) is 6. The minimum atomic E-state index is -1.40. The topological polar surface area (TPSA) is 87.1 Å². The van der Waals surface area contributed by atoms with E-state index < -0.39 is 41.1 Å². The predicted octanol–water partition coefficient (Wildman–Crippen LogP) is 5.00. The fourth-order valence-electron chi connectivity index (χ4n) is 8.33. The Morgan fingerprint density at radius 2 is 1.95 bits per heavy atom. The van der Waals surface area contributed by atoms with Gasteiger partial charge in [0, 0.05) is 24.9 Å². The number of fused-ring (bicyclic) bond motifs is 3. The van der Waals surface area contributed by atoms with E-state index in [2.05, 4.69) is 6.58 Å². The molecule has 3 fully saturated rings. The molecule has 218 valence electrons. The molecule has 39 heavy (non-hydrogen) atoms. The third-order valence-corrected chi connectivity index (χ3v) is 9.88. The molecule has 0 aromatic carbocycles. The quantitative estimate of drug-likeness (QED) is 0.159. The van der Waals surface area contributed by atoms with Gasteiger partial charge in [0.15, 0.2) is 17.2 Å². The number of hydroxylamine groups is 2. The lowest BCUT2D eigenvalue weighted by Crippen LogP contribution is -2.65. The van der Waals surface area contributed by atoms with Crippen molar-refractivity contribution in [1.82, 2.24) is 5.06 Å². The molecule has 2 N–H and O–H groups in total. The van der Waals surface area contributed by atoms with Crippen LogP contribution in [0.2, 0.25) is 0 Å². The van der Waals surface area contributed by atoms with Gasteiger partial charge >= 0.3 is 0 Å². The number of Topliss-reactive ketones (excluding diaryl/α,β-unsaturated/α-hetero) is 1. The molecule has 0 amide bonds. The maximum absolute atomic E-state index is 15.3. The number of nitrogens with zero attached hydrogens (tertiary/aromatic N) is 1. The second-order valence-corrected chi connectivity index (χ2v) is 12.6. The Morgan fingerprint density at radius 3 is 2.54 bits per heavy atom. The van der Waals surface area contributed by atoms with Crippen LogP contribution in [0.5, 0.6) is 0 Å². The summed E-state index contributed by atoms with van der Waals surface area (Å²) >= 11 is 5.73. The smallest absolute Gasteiger partial charge is 0.192 e. The Bertz CT molecular complexity index is 1030. The van der Waals surface area contributed by atoms with Gasteiger partial charge in [-0.25, -0.2) is 4.39 Å². The Balaban J connectivity index is 2.03. The fourth-order valence-corrected chi connectivity index (χ4v) is 8.43. The molecule has 0 radical (unpaired) electrons. The predicted molar refractivity (Wildman–Crippen MR) is 152 cm³/mol. The van der Waals surface area contributed by atoms with Crippen molar-refractivity contribution in [2.45, 2.75) is 71.3 Å². The number of hydrogen-bond donors (Lipinski definition) is 2. The first-order valence-electron chi connectivity index (χ1n) is 13.9. The highest BCUT2D eigenvalue weighted by atomic mass is 35.5. The van der Waals surface area contributed by atoms with Gasteiger partial charge in [0.2, 0.25) is 0 Å². The third-order valence-electron chi connectivity index (χ3n) is 9.70. The van der Waals surface area contributed by atoms with Gasteiger partial charge < -0.3 is 10.2 Å². The van der Waals surface area contributed by atoms with E-state index in [4.69, 9.17) is 16.4 Å². The van der Waals surface area contributed by atoms with Gasteiger partial charge in [-0.3, -0.25) is 14.4 Å². The number of carbonyl (C=O) groups is 2. The first-order valence-corrected chi connectivity index (χ1v) is 14.4. The molecule has 0 saturated heterocycles. The third kappa shape index (κ3) is 5.89. The van der Waals surface area contributed by atoms with Crippen LogP contribution in [0, 0.1) is 34.5 Å². The van der Waals surface area contributed by atoms with Crippen molar-refractivity contribution in [1.29, 1.82) is 0 Å². The van der Waals surface area contributed by atoms with Gasteiger partial charge in [-0.2, -0.15) is 5.06 Å². The molecule has 0 aromatic rings. The number of halogens is 2. The molecular weight excluding hydrogens is 521 g/mol. The number of allylic oxidation sites excluding steroid dienone is 5. The molecule has 0 spiro atoms. The van der Waals surface area contributed by atoms with Crippen molar-refractivity contribution in [2.75, 3.05) is 26.1 Å². The molecule has 8 heteroatoms. The van der Waals surface area contributed by atoms with Crippen molar-refractivity contribution < 1.29 is 29.0 Å². The lowest BCUT2D eigenvalue weighted by molar-refractivity contribution is -0.282. The summed E-state index contributed by atoms with van der Waals surface area (Å²) in [4.78, 5) is 32.0. The van der Waals surface area contributed by atoms with Crippen molar-refractivity contribution in [2.24, 2.45) is 34.5 Å². The number of aliphatic hydroxyl groups is 2. The molecule has 3 aliphatic rings. The zero-order valence-corrected chi connectivity index (χ0v) is 24.7. The summed E-state index contributed by atoms with van der Waals surface area (Å²) in [5.74, 6) is -1.04. The van der Waals surface area contributed by atoms with Crippen LogP contribution in [0.15, 0.2) is 48.6 Å². The van der Waals surface area contributed by atoms with E-state index >= 15 is 4.39 Å². The van der Waals surface area contributed by atoms with Crippen LogP contribution in [-0.4, -0.2) is 70.8 Å². The maximum Gasteiger partial charge on any atom is 0.192 e. The van der Waals surface area contributed by atoms with Crippen molar-refractivity contribution >= 4 is 23.2 Å². The number of likely N-dealkylation sites (N-methyl/N-ethyl adjacent to an activating group) is 1. The highest BCUT2D eigenvalue weighted by Gasteiger charge is 2.72. The number of ketones is 2. The zero-order chi connectivity index (χ0) is 29.2. The summed E-state index contributed by atoms with van der Waals surface area (Å²) in [5, 5.41) is 23.4. The van der Waals surface area contributed by atoms with Crippen molar-refractivity contribution in [3.63, 3.8) is 0 Å². The van der Waals surface area contributed by atoms with Crippen LogP contribution >= 0.6 is 11.6 Å². The monoisotopic (exact) mass is 565 g/mol. The Labute approximate surface area is 237 Å². The summed E-state index contributed by atoms with van der Waals surface area (Å²) in [6.07, 6.45) is 9.93. The van der Waals surface area contributed by atoms with E-state index in [-0.39, 0.29) is 48.7 Å². The highest BCUT2D eigenvalue weighted by molar-refractivity contribution is 6.18. The summed E-state index contributed by atoms with van der Waals surface area (Å²) in [5.41, 5.74) is -2.09. The van der Waals surface area contributed by atoms with E-state index in [9.17, 15) is 19.8 Å². The van der Waals surface area contributed by atoms with Crippen molar-refractivity contribution in [3.8, 4) is 0 Å². The number of carbonyl (C=O) groups excluding carboxylic acids is 2. The second-order valence-electron chi connectivity index (χ2n) is 12.3. The van der Waals surface area contributed by atoms with E-state index in [1.54, 1.807) is 30.3 Å². The van der Waals surface area contributed by atoms with Gasteiger partial charge in [-0.15, -0.1) is 11.6 Å². The van der Waals surface area contributed by atoms with Crippen LogP contribution in [-0.2, 0) is 14.4 Å². The van der Waals surface area contributed by atoms with E-state index in [0.29, 0.717) is 18.8 Å². The average Bonchev–Trinajstić information content (AvgIpc) is 3.08. The summed E-state index contributed by atoms with van der Waals surface area (Å²) in [6.45, 7) is 10.8. The van der Waals surface area contributed by atoms with Gasteiger partial charge in [0.1, 0.15) is 12.8 Å². The standard InChI is InChI=1S/C31H45ClFNO5/c1-7-22(10-8-9-13-32)18-34(6)39-31(27(38)19-35)20(2)14-25-24-15-23(33)16-29(4,12-11-21(3)36)28(24)26(37)17-30(25,31)5/h7-12,20,23-26,28,35,37H,1,13-19H2,2-6H3/b9-8-,12-11-,22-10+/t20-,23+,24+,25?,26+,28?,29+,30+,31+/m1/s1. The average molecular weight is 566 g/mol. The lowest BCUT2D eigenvalue weighted by Gasteiger charge is -2.60. The van der Waals surface area contributed by atoms with Crippen LogP contribution < -0.4 is 0 Å². The molecule has 3 rings (SSSR count). The Kier molecular flexibility index (Phi) is 10.2. The van der Waals surface area contributed by atoms with Crippen molar-refractivity contribution in [3.05, 3.63) is 48.6 Å². The summed E-state index contributed by atoms with van der Waals surface area (Å²) < 4.78 is 15.3. The molecule has 3 saturated carbocycles. The first kappa shape index (κ1) is 31.9. The minimum absolute atomic E-state index is 0.116. The largest absolute Gasteiger partial charge is 0.393 e. The molecule has 2 unspecified atom stereocenters. The van der Waals surface area contributed by atoms with Gasteiger partial charge in [0.05, 0.1) is 6.10 Å². The zero-order valence-electron chi connectivity index (χ0n) is 23.9. The van der Waals surface area contributed by atoms with Gasteiger partial charge in [-0.05, 0) is 73.3 Å². The molecule has 0 aromatic heterocycles. The highest BCUT2D eigenvalue weighted by Crippen LogP contribution is 2.68. The number of aliphatic hydroxyl groups excluding tert-OH is 2. The molecule has 0 bridgehead atoms. The fraction of sp³-hybridized carbons (Fsp3) is 0.677. The minimum Gasteiger partial charge on any atom is -0.393 e. The summed E-state index contributed by atoms with van der Waals surface area (Å²) in [7, 11) is 1.74. The SMILES string of the molecule is C=C/C(=C\C=C/CCl)CN(C)O[C@]1(C(=O)CO)[C@H](C)CC2[C@@H]3C[C@H](F)C[C@](C)(/C=C\C(C)=O)C3[C@@H](O)C[C@@]21C. The maximum atomic E-state index is 15.3. The lowest BCUT2D eigenvalue weighted by atomic mass is 9.47. The van der Waals surface area contributed by atoms with Gasteiger partial charge in [-0.1, -0.05) is 57.7 Å². The Morgan fingerprint density at radius 1 is 1.26 bits per heavy atom. The molecular formula is C31H45ClFNO5. The summed E-state index contributed by atoms with van der Waals surface area (Å²) in [6, 6.07) is 0. The molecule has 3 aliphatic carbocycles. The molecule has 6 nitrogen and oxygen atoms in total. The number of rotatable bonds is 11. The second kappa shape index (κ2) is 12.5. The van der Waals surface area contributed by atoms with Crippen LogP contribution in [0.1, 0.15) is 53.4 Å². The normalized spacial score (nSPS) is 40.7. The van der Waals surface area contributed by atoms with E-state index in [1.165, 1.54) is 13.0 Å². The Hall–Kier alpha value is -1.64. The van der Waals surface area contributed by atoms with Crippen LogP contribution in [0.4, 0.5) is 4.39 Å². The first-order chi connectivity index (χ1) is 18.3. The number of alkyl halides is 2. The van der Waals surface area contributed by atoms with Crippen LogP contribution in [0.25, 0.3) is 0 Å². The molecule has 0 heterocycles. The van der Waals surface area contributed by atoms with Crippen LogP contribution in [0.3, 0.4) is 0 Å². The van der Waals surface area contributed by atoms with E-state index in [0.717, 1.165) is 5.57 Å². The van der Waals surface area contributed by atoms with E-state index in [1.807, 2.05) is 32.9 Å².